The fraction of sp³-hybridized carbons (Fsp3) is 0.150. The highest BCUT2D eigenvalue weighted by Gasteiger charge is 2.20. The first-order valence-corrected chi connectivity index (χ1v) is 9.31. The molecule has 0 radical (unpaired) electrons. The van der Waals surface area contributed by atoms with Gasteiger partial charge in [0.1, 0.15) is 11.6 Å². The van der Waals surface area contributed by atoms with Gasteiger partial charge in [-0.1, -0.05) is 30.0 Å². The minimum absolute atomic E-state index is 0.228. The zero-order valence-electron chi connectivity index (χ0n) is 15.0. The van der Waals surface area contributed by atoms with Crippen molar-refractivity contribution in [1.82, 2.24) is 9.55 Å². The number of halogens is 2. The molecule has 5 nitrogen and oxygen atoms in total. The number of hydrogen-bond acceptors (Lipinski definition) is 4. The van der Waals surface area contributed by atoms with Crippen molar-refractivity contribution in [2.24, 2.45) is 0 Å². The van der Waals surface area contributed by atoms with E-state index in [-0.39, 0.29) is 17.8 Å². The maximum atomic E-state index is 13.8. The van der Waals surface area contributed by atoms with Crippen LogP contribution in [0.5, 0.6) is 0 Å². The number of thioether (sulfide) groups is 1. The van der Waals surface area contributed by atoms with E-state index in [9.17, 15) is 18.4 Å². The van der Waals surface area contributed by atoms with E-state index in [0.29, 0.717) is 16.1 Å². The molecule has 0 spiro atoms. The van der Waals surface area contributed by atoms with E-state index >= 15 is 0 Å². The van der Waals surface area contributed by atoms with Crippen molar-refractivity contribution in [3.8, 4) is 0 Å². The molecule has 1 aromatic heterocycles. The third kappa shape index (κ3) is 4.12. The monoisotopic (exact) mass is 401 g/mol. The standard InChI is InChI=1S/C20H17F2N3O2S/c1-3-10-25-19(27)14-6-4-5-7-16(14)24-20(25)28-12(2)18(26)23-17-11-13(21)8-9-15(17)22/h3-9,11-12H,1,10H2,2H3,(H,23,26)/t12-/m0/s1. The number of carbonyl (C=O) groups excluding carboxylic acids is 1. The predicted molar refractivity (Wildman–Crippen MR) is 107 cm³/mol. The summed E-state index contributed by atoms with van der Waals surface area (Å²) in [6, 6.07) is 9.73. The minimum Gasteiger partial charge on any atom is -0.323 e. The zero-order chi connectivity index (χ0) is 20.3. The molecule has 0 unspecified atom stereocenters. The number of amides is 1. The molecule has 3 aromatic rings. The van der Waals surface area contributed by atoms with Gasteiger partial charge < -0.3 is 5.32 Å². The van der Waals surface area contributed by atoms with E-state index in [1.165, 1.54) is 4.57 Å². The van der Waals surface area contributed by atoms with Crippen LogP contribution in [0.2, 0.25) is 0 Å². The molecule has 0 aliphatic heterocycles. The van der Waals surface area contributed by atoms with Gasteiger partial charge >= 0.3 is 0 Å². The van der Waals surface area contributed by atoms with Gasteiger partial charge in [-0.05, 0) is 31.2 Å². The molecular formula is C20H17F2N3O2S. The van der Waals surface area contributed by atoms with Gasteiger partial charge in [-0.3, -0.25) is 14.2 Å². The number of nitrogens with zero attached hydrogens (tertiary/aromatic N) is 2. The number of fused-ring (bicyclic) bond motifs is 1. The number of allylic oxidation sites excluding steroid dienone is 1. The first-order valence-electron chi connectivity index (χ1n) is 8.43. The van der Waals surface area contributed by atoms with Gasteiger partial charge in [-0.15, -0.1) is 6.58 Å². The highest BCUT2D eigenvalue weighted by atomic mass is 32.2. The molecule has 0 fully saturated rings. The molecule has 8 heteroatoms. The maximum absolute atomic E-state index is 13.8. The Labute approximate surface area is 164 Å². The second-order valence-electron chi connectivity index (χ2n) is 5.99. The highest BCUT2D eigenvalue weighted by molar-refractivity contribution is 8.00. The van der Waals surface area contributed by atoms with Crippen molar-refractivity contribution in [3.05, 3.63) is 77.1 Å². The number of anilines is 1. The van der Waals surface area contributed by atoms with E-state index in [0.717, 1.165) is 30.0 Å². The highest BCUT2D eigenvalue weighted by Crippen LogP contribution is 2.24. The van der Waals surface area contributed by atoms with Crippen LogP contribution in [-0.4, -0.2) is 20.7 Å². The number of rotatable bonds is 6. The number of benzene rings is 2. The summed E-state index contributed by atoms with van der Waals surface area (Å²) < 4.78 is 28.5. The van der Waals surface area contributed by atoms with Gasteiger partial charge in [0.15, 0.2) is 5.16 Å². The van der Waals surface area contributed by atoms with Gasteiger partial charge in [0, 0.05) is 12.6 Å². The second-order valence-corrected chi connectivity index (χ2v) is 7.30. The number of nitrogens with one attached hydrogen (secondary N) is 1. The minimum atomic E-state index is -0.737. The van der Waals surface area contributed by atoms with Crippen molar-refractivity contribution in [2.75, 3.05) is 5.32 Å². The Balaban J connectivity index is 1.89. The van der Waals surface area contributed by atoms with Crippen molar-refractivity contribution in [3.63, 3.8) is 0 Å². The fourth-order valence-corrected chi connectivity index (χ4v) is 3.48. The zero-order valence-corrected chi connectivity index (χ0v) is 15.8. The largest absolute Gasteiger partial charge is 0.323 e. The van der Waals surface area contributed by atoms with Crippen LogP contribution in [0, 0.1) is 11.6 Å². The quantitative estimate of drug-likeness (QED) is 0.386. The lowest BCUT2D eigenvalue weighted by molar-refractivity contribution is -0.115. The number of hydrogen-bond donors (Lipinski definition) is 1. The summed E-state index contributed by atoms with van der Waals surface area (Å²) in [5, 5.41) is 2.45. The van der Waals surface area contributed by atoms with Gasteiger partial charge in [-0.2, -0.15) is 0 Å². The molecule has 0 aliphatic carbocycles. The molecule has 1 atom stereocenters. The third-order valence-corrected chi connectivity index (χ3v) is 5.07. The molecule has 1 amide bonds. The molecule has 2 aromatic carbocycles. The molecular weight excluding hydrogens is 384 g/mol. The van der Waals surface area contributed by atoms with Gasteiger partial charge in [0.2, 0.25) is 5.91 Å². The molecule has 3 rings (SSSR count). The smallest absolute Gasteiger partial charge is 0.262 e. The molecule has 0 saturated carbocycles. The van der Waals surface area contributed by atoms with Crippen LogP contribution in [-0.2, 0) is 11.3 Å². The molecule has 1 N–H and O–H groups in total. The fourth-order valence-electron chi connectivity index (χ4n) is 2.57. The van der Waals surface area contributed by atoms with Crippen LogP contribution in [0.1, 0.15) is 6.92 Å². The summed E-state index contributed by atoms with van der Waals surface area (Å²) in [5.41, 5.74) is 0.0308. The van der Waals surface area contributed by atoms with Gasteiger partial charge in [0.25, 0.3) is 5.56 Å². The topological polar surface area (TPSA) is 64.0 Å². The molecule has 0 bridgehead atoms. The van der Waals surface area contributed by atoms with Crippen LogP contribution in [0.3, 0.4) is 0 Å². The lowest BCUT2D eigenvalue weighted by Crippen LogP contribution is -2.27. The summed E-state index contributed by atoms with van der Waals surface area (Å²) in [5.74, 6) is -1.94. The second kappa shape index (κ2) is 8.35. The SMILES string of the molecule is C=CCn1c(S[C@@H](C)C(=O)Nc2cc(F)ccc2F)nc2ccccc2c1=O. The molecule has 0 saturated heterocycles. The van der Waals surface area contributed by atoms with E-state index in [1.54, 1.807) is 37.3 Å². The summed E-state index contributed by atoms with van der Waals surface area (Å²) in [6.07, 6.45) is 1.56. The van der Waals surface area contributed by atoms with Crippen molar-refractivity contribution >= 4 is 34.3 Å². The molecule has 0 aliphatic rings. The van der Waals surface area contributed by atoms with Crippen molar-refractivity contribution < 1.29 is 13.6 Å². The first-order chi connectivity index (χ1) is 13.4. The van der Waals surface area contributed by atoms with Crippen LogP contribution >= 0.6 is 11.8 Å². The Bertz CT molecular complexity index is 1110. The lowest BCUT2D eigenvalue weighted by atomic mass is 10.2. The number of para-hydroxylation sites is 1. The Morgan fingerprint density at radius 3 is 2.82 bits per heavy atom. The lowest BCUT2D eigenvalue weighted by Gasteiger charge is -2.15. The molecule has 144 valence electrons. The first kappa shape index (κ1) is 19.8. The van der Waals surface area contributed by atoms with E-state index in [2.05, 4.69) is 16.9 Å². The summed E-state index contributed by atoms with van der Waals surface area (Å²) in [6.45, 7) is 5.48. The Morgan fingerprint density at radius 2 is 2.07 bits per heavy atom. The molecule has 1 heterocycles. The average Bonchev–Trinajstić information content (AvgIpc) is 2.67. The summed E-state index contributed by atoms with van der Waals surface area (Å²) in [4.78, 5) is 29.7. The Morgan fingerprint density at radius 1 is 1.32 bits per heavy atom. The van der Waals surface area contributed by atoms with Crippen LogP contribution in [0.25, 0.3) is 10.9 Å². The third-order valence-electron chi connectivity index (χ3n) is 3.98. The normalized spacial score (nSPS) is 12.0. The predicted octanol–water partition coefficient (Wildman–Crippen LogP) is 3.98. The summed E-state index contributed by atoms with van der Waals surface area (Å²) in [7, 11) is 0. The van der Waals surface area contributed by atoms with Crippen LogP contribution in [0.4, 0.5) is 14.5 Å². The average molecular weight is 401 g/mol. The van der Waals surface area contributed by atoms with Gasteiger partial charge in [-0.25, -0.2) is 13.8 Å². The van der Waals surface area contributed by atoms with Crippen LogP contribution in [0.15, 0.2) is 65.1 Å². The number of carbonyl (C=O) groups is 1. The molecule has 28 heavy (non-hydrogen) atoms. The number of aromatic nitrogens is 2. The Kier molecular flexibility index (Phi) is 5.89. The van der Waals surface area contributed by atoms with E-state index in [1.807, 2.05) is 0 Å². The van der Waals surface area contributed by atoms with E-state index < -0.39 is 22.8 Å². The van der Waals surface area contributed by atoms with Crippen molar-refractivity contribution in [1.29, 1.82) is 0 Å². The Hall–Kier alpha value is -3.00. The van der Waals surface area contributed by atoms with E-state index in [4.69, 9.17) is 0 Å². The van der Waals surface area contributed by atoms with Gasteiger partial charge in [0.05, 0.1) is 21.8 Å². The van der Waals surface area contributed by atoms with Crippen molar-refractivity contribution in [2.45, 2.75) is 23.9 Å². The maximum Gasteiger partial charge on any atom is 0.262 e. The summed E-state index contributed by atoms with van der Waals surface area (Å²) >= 11 is 1.05. The van der Waals surface area contributed by atoms with Crippen LogP contribution < -0.4 is 10.9 Å².